The summed E-state index contributed by atoms with van der Waals surface area (Å²) in [6.45, 7) is 9.36. The number of benzene rings is 2. The molecule has 3 heteroatoms. The summed E-state index contributed by atoms with van der Waals surface area (Å²) in [5.41, 5.74) is 2.61. The van der Waals surface area contributed by atoms with Gasteiger partial charge in [0, 0.05) is 6.42 Å². The lowest BCUT2D eigenvalue weighted by Crippen LogP contribution is -3.00. The van der Waals surface area contributed by atoms with Crippen molar-refractivity contribution >= 4 is 0 Å². The van der Waals surface area contributed by atoms with Crippen LogP contribution in [0.15, 0.2) is 54.6 Å². The number of likely N-dealkylation sites (N-methyl/N-ethyl adjacent to an activating group) is 1. The fourth-order valence-corrected chi connectivity index (χ4v) is 4.19. The van der Waals surface area contributed by atoms with Gasteiger partial charge in [-0.05, 0) is 50.3 Å². The second kappa shape index (κ2) is 10.3. The molecule has 3 rings (SSSR count). The summed E-state index contributed by atoms with van der Waals surface area (Å²) in [7, 11) is 0. The lowest BCUT2D eigenvalue weighted by atomic mass is 10.0. The highest BCUT2D eigenvalue weighted by Gasteiger charge is 2.34. The van der Waals surface area contributed by atoms with Crippen molar-refractivity contribution in [2.75, 3.05) is 26.2 Å². The summed E-state index contributed by atoms with van der Waals surface area (Å²) >= 11 is 0. The molecule has 0 saturated carbocycles. The Labute approximate surface area is 176 Å². The molecule has 0 aliphatic carbocycles. The van der Waals surface area contributed by atoms with Crippen molar-refractivity contribution in [3.8, 4) is 5.75 Å². The Hall–Kier alpha value is -1.07. The molecule has 0 amide bonds. The van der Waals surface area contributed by atoms with E-state index < -0.39 is 0 Å². The highest BCUT2D eigenvalue weighted by atomic mass is 127. The van der Waals surface area contributed by atoms with E-state index in [0.29, 0.717) is 6.04 Å². The Morgan fingerprint density at radius 1 is 0.923 bits per heavy atom. The van der Waals surface area contributed by atoms with Gasteiger partial charge in [0.05, 0.1) is 19.6 Å². The Balaban J connectivity index is 0.00000243. The van der Waals surface area contributed by atoms with E-state index >= 15 is 0 Å². The molecule has 0 radical (unpaired) electrons. The van der Waals surface area contributed by atoms with Crippen molar-refractivity contribution in [3.05, 3.63) is 65.7 Å². The van der Waals surface area contributed by atoms with E-state index in [4.69, 9.17) is 4.74 Å². The molecule has 2 nitrogen and oxygen atoms in total. The van der Waals surface area contributed by atoms with Crippen molar-refractivity contribution < 1.29 is 33.2 Å². The summed E-state index contributed by atoms with van der Waals surface area (Å²) in [5.74, 6) is 1.05. The highest BCUT2D eigenvalue weighted by Crippen LogP contribution is 2.25. The average Bonchev–Trinajstić information content (AvgIpc) is 2.68. The zero-order valence-corrected chi connectivity index (χ0v) is 18.3. The lowest BCUT2D eigenvalue weighted by Gasteiger charge is -2.45. The second-order valence-corrected chi connectivity index (χ2v) is 7.47. The molecular weight excluding hydrogens is 433 g/mol. The molecule has 0 spiro atoms. The standard InChI is InChI=1S/C23H32NO.HI/c1-3-24(16-10-5-11-17-24)20(2)19-25-23-15-9-8-14-22(23)18-21-12-6-4-7-13-21;/h4,6-9,12-15,20H,3,5,10-11,16-19H2,1-2H3;1H/q+1;/p-1. The molecule has 0 bridgehead atoms. The van der Waals surface area contributed by atoms with Crippen molar-refractivity contribution in [1.82, 2.24) is 0 Å². The van der Waals surface area contributed by atoms with Crippen LogP contribution < -0.4 is 28.7 Å². The zero-order chi connectivity index (χ0) is 17.5. The minimum atomic E-state index is 0. The first-order valence-electron chi connectivity index (χ1n) is 9.84. The van der Waals surface area contributed by atoms with E-state index in [9.17, 15) is 0 Å². The van der Waals surface area contributed by atoms with Gasteiger partial charge in [0.2, 0.25) is 0 Å². The van der Waals surface area contributed by atoms with Gasteiger partial charge in [0.15, 0.2) is 0 Å². The van der Waals surface area contributed by atoms with E-state index in [0.717, 1.165) is 18.8 Å². The van der Waals surface area contributed by atoms with Crippen LogP contribution in [0.5, 0.6) is 5.75 Å². The van der Waals surface area contributed by atoms with Crippen LogP contribution in [0.25, 0.3) is 0 Å². The number of halogens is 1. The Morgan fingerprint density at radius 2 is 1.58 bits per heavy atom. The monoisotopic (exact) mass is 465 g/mol. The topological polar surface area (TPSA) is 9.23 Å². The third-order valence-electron chi connectivity index (χ3n) is 5.96. The smallest absolute Gasteiger partial charge is 0.140 e. The normalized spacial score (nSPS) is 17.2. The van der Waals surface area contributed by atoms with Crippen LogP contribution in [0.4, 0.5) is 0 Å². The fourth-order valence-electron chi connectivity index (χ4n) is 4.19. The molecule has 1 unspecified atom stereocenters. The SMILES string of the molecule is CC[N+]1(C(C)COc2ccccc2Cc2ccccc2)CCCCC1.[I-]. The number of hydrogen-bond acceptors (Lipinski definition) is 1. The van der Waals surface area contributed by atoms with E-state index in [-0.39, 0.29) is 24.0 Å². The first-order valence-corrected chi connectivity index (χ1v) is 9.84. The first kappa shape index (κ1) is 21.2. The summed E-state index contributed by atoms with van der Waals surface area (Å²) in [6.07, 6.45) is 5.05. The molecule has 1 aliphatic rings. The van der Waals surface area contributed by atoms with Crippen molar-refractivity contribution in [1.29, 1.82) is 0 Å². The van der Waals surface area contributed by atoms with Gasteiger partial charge in [-0.1, -0.05) is 48.5 Å². The van der Waals surface area contributed by atoms with Gasteiger partial charge in [0.1, 0.15) is 18.4 Å². The minimum absolute atomic E-state index is 0. The maximum atomic E-state index is 6.34. The minimum Gasteiger partial charge on any atom is -1.00 e. The highest BCUT2D eigenvalue weighted by molar-refractivity contribution is 5.37. The molecule has 1 atom stereocenters. The number of para-hydroxylation sites is 1. The molecule has 2 aromatic rings. The maximum absolute atomic E-state index is 6.34. The largest absolute Gasteiger partial charge is 1.00 e. The quantitative estimate of drug-likeness (QED) is 0.450. The molecular formula is C23H32INO. The van der Waals surface area contributed by atoms with Crippen LogP contribution in [0.2, 0.25) is 0 Å². The predicted molar refractivity (Wildman–Crippen MR) is 105 cm³/mol. The van der Waals surface area contributed by atoms with Gasteiger partial charge in [0.25, 0.3) is 0 Å². The molecule has 0 N–H and O–H groups in total. The van der Waals surface area contributed by atoms with Gasteiger partial charge in [-0.3, -0.25) is 0 Å². The van der Waals surface area contributed by atoms with Crippen molar-refractivity contribution in [2.24, 2.45) is 0 Å². The van der Waals surface area contributed by atoms with Gasteiger partial charge in [-0.15, -0.1) is 0 Å². The summed E-state index contributed by atoms with van der Waals surface area (Å²) in [5, 5.41) is 0. The molecule has 142 valence electrons. The number of quaternary nitrogens is 1. The fraction of sp³-hybridized carbons (Fsp3) is 0.478. The predicted octanol–water partition coefficient (Wildman–Crippen LogP) is 2.07. The summed E-state index contributed by atoms with van der Waals surface area (Å²) in [4.78, 5) is 0. The number of likely N-dealkylation sites (tertiary alicyclic amines) is 1. The lowest BCUT2D eigenvalue weighted by molar-refractivity contribution is -0.952. The number of piperidine rings is 1. The van der Waals surface area contributed by atoms with Crippen LogP contribution in [0.3, 0.4) is 0 Å². The third-order valence-corrected chi connectivity index (χ3v) is 5.96. The Bertz CT molecular complexity index is 652. The van der Waals surface area contributed by atoms with E-state index in [1.165, 1.54) is 54.5 Å². The number of ether oxygens (including phenoxy) is 1. The molecule has 2 aromatic carbocycles. The molecule has 1 aliphatic heterocycles. The second-order valence-electron chi connectivity index (χ2n) is 7.47. The summed E-state index contributed by atoms with van der Waals surface area (Å²) in [6, 6.07) is 19.7. The van der Waals surface area contributed by atoms with E-state index in [1.54, 1.807) is 0 Å². The van der Waals surface area contributed by atoms with E-state index in [1.807, 2.05) is 0 Å². The molecule has 0 aromatic heterocycles. The third kappa shape index (κ3) is 5.23. The summed E-state index contributed by atoms with van der Waals surface area (Å²) < 4.78 is 7.56. The van der Waals surface area contributed by atoms with Crippen LogP contribution in [-0.2, 0) is 6.42 Å². The molecule has 1 heterocycles. The van der Waals surface area contributed by atoms with Crippen LogP contribution in [0, 0.1) is 0 Å². The zero-order valence-electron chi connectivity index (χ0n) is 16.2. The number of nitrogens with zero attached hydrogens (tertiary/aromatic N) is 1. The maximum Gasteiger partial charge on any atom is 0.140 e. The Morgan fingerprint density at radius 3 is 2.27 bits per heavy atom. The van der Waals surface area contributed by atoms with Crippen molar-refractivity contribution in [3.63, 3.8) is 0 Å². The first-order chi connectivity index (χ1) is 12.2. The van der Waals surface area contributed by atoms with Crippen molar-refractivity contribution in [2.45, 2.75) is 45.6 Å². The van der Waals surface area contributed by atoms with Gasteiger partial charge in [-0.2, -0.15) is 0 Å². The Kier molecular flexibility index (Phi) is 8.42. The molecule has 1 saturated heterocycles. The van der Waals surface area contributed by atoms with Crippen LogP contribution in [0.1, 0.15) is 44.2 Å². The van der Waals surface area contributed by atoms with Crippen LogP contribution >= 0.6 is 0 Å². The number of hydrogen-bond donors (Lipinski definition) is 0. The van der Waals surface area contributed by atoms with E-state index in [2.05, 4.69) is 68.4 Å². The van der Waals surface area contributed by atoms with Gasteiger partial charge < -0.3 is 33.2 Å². The molecule has 1 fully saturated rings. The van der Waals surface area contributed by atoms with Gasteiger partial charge >= 0.3 is 0 Å². The molecule has 26 heavy (non-hydrogen) atoms. The van der Waals surface area contributed by atoms with Gasteiger partial charge in [-0.25, -0.2) is 0 Å². The average molecular weight is 465 g/mol. The van der Waals surface area contributed by atoms with Crippen LogP contribution in [-0.4, -0.2) is 36.8 Å². The number of rotatable bonds is 7.